The summed E-state index contributed by atoms with van der Waals surface area (Å²) >= 11 is 0. The van der Waals surface area contributed by atoms with Crippen LogP contribution in [0.25, 0.3) is 10.9 Å². The van der Waals surface area contributed by atoms with Crippen LogP contribution in [-0.2, 0) is 16.0 Å². The van der Waals surface area contributed by atoms with Crippen LogP contribution < -0.4 is 5.73 Å². The molecule has 0 fully saturated rings. The summed E-state index contributed by atoms with van der Waals surface area (Å²) in [7, 11) is 0. The monoisotopic (exact) mass is 272 g/mol. The van der Waals surface area contributed by atoms with Crippen LogP contribution in [0, 0.1) is 0 Å². The largest absolute Gasteiger partial charge is 0.575 e. The summed E-state index contributed by atoms with van der Waals surface area (Å²) in [6, 6.07) is 5.86. The minimum absolute atomic E-state index is 0.0288. The third-order valence-electron chi connectivity index (χ3n) is 2.63. The maximum Gasteiger partial charge on any atom is 0.575 e. The van der Waals surface area contributed by atoms with Gasteiger partial charge in [-0.05, 0) is 11.6 Å². The number of nitrogens with one attached hydrogen (secondary N) is 1. The molecule has 19 heavy (non-hydrogen) atoms. The van der Waals surface area contributed by atoms with E-state index in [1.54, 1.807) is 18.3 Å². The Morgan fingerprint density at radius 3 is 2.74 bits per heavy atom. The normalized spacial score (nSPS) is 13.5. The van der Waals surface area contributed by atoms with Crippen molar-refractivity contribution in [3.05, 3.63) is 36.0 Å². The van der Waals surface area contributed by atoms with Crippen molar-refractivity contribution >= 4 is 16.9 Å². The number of hydrogen-bond donors (Lipinski definition) is 2. The highest BCUT2D eigenvalue weighted by Gasteiger charge is 2.36. The van der Waals surface area contributed by atoms with Crippen LogP contribution in [0.1, 0.15) is 5.56 Å². The molecule has 0 radical (unpaired) electrons. The lowest BCUT2D eigenvalue weighted by Gasteiger charge is -2.12. The molecule has 2 rings (SSSR count). The van der Waals surface area contributed by atoms with E-state index < -0.39 is 18.4 Å². The standard InChI is InChI=1S/C12H11F3N2O2/c13-12(14,15)19-11(18)9(16)5-7-6-17-10-4-2-1-3-8(7)10/h1-4,6,9,17H,5,16H2/t9-/m0/s1. The number of hydrogen-bond acceptors (Lipinski definition) is 3. The van der Waals surface area contributed by atoms with E-state index in [2.05, 4.69) is 9.72 Å². The number of fused-ring (bicyclic) bond motifs is 1. The number of carbonyl (C=O) groups excluding carboxylic acids is 1. The van der Waals surface area contributed by atoms with Gasteiger partial charge in [-0.25, -0.2) is 0 Å². The number of esters is 1. The van der Waals surface area contributed by atoms with E-state index in [4.69, 9.17) is 5.73 Å². The highest BCUT2D eigenvalue weighted by atomic mass is 19.4. The van der Waals surface area contributed by atoms with Gasteiger partial charge in [-0.1, -0.05) is 18.2 Å². The summed E-state index contributed by atoms with van der Waals surface area (Å²) in [5, 5.41) is 0.817. The molecule has 0 aliphatic carbocycles. The van der Waals surface area contributed by atoms with Crippen molar-refractivity contribution in [2.45, 2.75) is 18.8 Å². The van der Waals surface area contributed by atoms with Gasteiger partial charge >= 0.3 is 12.3 Å². The van der Waals surface area contributed by atoms with E-state index in [-0.39, 0.29) is 6.42 Å². The summed E-state index contributed by atoms with van der Waals surface area (Å²) in [4.78, 5) is 14.1. The van der Waals surface area contributed by atoms with Crippen LogP contribution in [-0.4, -0.2) is 23.4 Å². The zero-order valence-corrected chi connectivity index (χ0v) is 9.70. The average molecular weight is 272 g/mol. The number of ether oxygens (including phenoxy) is 1. The highest BCUT2D eigenvalue weighted by molar-refractivity contribution is 5.84. The van der Waals surface area contributed by atoms with Gasteiger partial charge < -0.3 is 15.5 Å². The van der Waals surface area contributed by atoms with Crippen molar-refractivity contribution < 1.29 is 22.7 Å². The number of alkyl halides is 3. The Morgan fingerprint density at radius 2 is 2.05 bits per heavy atom. The molecule has 0 aliphatic rings. The number of carbonyl (C=O) groups is 1. The van der Waals surface area contributed by atoms with Crippen molar-refractivity contribution in [1.82, 2.24) is 4.98 Å². The number of para-hydroxylation sites is 1. The van der Waals surface area contributed by atoms with E-state index >= 15 is 0 Å². The minimum atomic E-state index is -5.01. The first-order chi connectivity index (χ1) is 8.87. The maximum absolute atomic E-state index is 11.9. The quantitative estimate of drug-likeness (QED) is 0.841. The van der Waals surface area contributed by atoms with Gasteiger partial charge in [-0.3, -0.25) is 4.79 Å². The highest BCUT2D eigenvalue weighted by Crippen LogP contribution is 2.21. The minimum Gasteiger partial charge on any atom is -0.372 e. The zero-order valence-electron chi connectivity index (χ0n) is 9.70. The molecule has 0 aliphatic heterocycles. The fourth-order valence-corrected chi connectivity index (χ4v) is 1.81. The Balaban J connectivity index is 2.10. The summed E-state index contributed by atoms with van der Waals surface area (Å²) in [6.45, 7) is 0. The van der Waals surface area contributed by atoms with E-state index in [9.17, 15) is 18.0 Å². The molecular weight excluding hydrogens is 261 g/mol. The third kappa shape index (κ3) is 3.25. The molecule has 0 saturated heterocycles. The van der Waals surface area contributed by atoms with Crippen LogP contribution in [0.4, 0.5) is 13.2 Å². The Labute approximate surface area is 106 Å². The number of benzene rings is 1. The molecule has 7 heteroatoms. The van der Waals surface area contributed by atoms with Crippen molar-refractivity contribution in [2.24, 2.45) is 5.73 Å². The van der Waals surface area contributed by atoms with Gasteiger partial charge in [0.2, 0.25) is 0 Å². The van der Waals surface area contributed by atoms with E-state index in [0.717, 1.165) is 10.9 Å². The maximum atomic E-state index is 11.9. The number of rotatable bonds is 3. The van der Waals surface area contributed by atoms with Crippen LogP contribution >= 0.6 is 0 Å². The molecule has 4 nitrogen and oxygen atoms in total. The molecule has 1 heterocycles. The topological polar surface area (TPSA) is 68.1 Å². The van der Waals surface area contributed by atoms with Crippen LogP contribution in [0.2, 0.25) is 0 Å². The lowest BCUT2D eigenvalue weighted by Crippen LogP contribution is -2.37. The summed E-state index contributed by atoms with van der Waals surface area (Å²) in [5.74, 6) is -1.49. The predicted octanol–water partition coefficient (Wildman–Crippen LogP) is 2.10. The average Bonchev–Trinajstić information content (AvgIpc) is 2.70. The van der Waals surface area contributed by atoms with Gasteiger partial charge in [0.05, 0.1) is 0 Å². The van der Waals surface area contributed by atoms with Crippen molar-refractivity contribution in [1.29, 1.82) is 0 Å². The van der Waals surface area contributed by atoms with Gasteiger partial charge in [0, 0.05) is 23.5 Å². The first kappa shape index (κ1) is 13.4. The first-order valence-electron chi connectivity index (χ1n) is 5.47. The lowest BCUT2D eigenvalue weighted by molar-refractivity contribution is -0.306. The van der Waals surface area contributed by atoms with E-state index in [1.165, 1.54) is 0 Å². The Morgan fingerprint density at radius 1 is 1.37 bits per heavy atom. The van der Waals surface area contributed by atoms with Crippen LogP contribution in [0.3, 0.4) is 0 Å². The Bertz CT molecular complexity index is 592. The number of aromatic nitrogens is 1. The van der Waals surface area contributed by atoms with Gasteiger partial charge in [-0.2, -0.15) is 0 Å². The molecule has 2 aromatic rings. The molecule has 0 amide bonds. The van der Waals surface area contributed by atoms with E-state index in [1.807, 2.05) is 12.1 Å². The van der Waals surface area contributed by atoms with Crippen molar-refractivity contribution in [3.8, 4) is 0 Å². The van der Waals surface area contributed by atoms with E-state index in [0.29, 0.717) is 5.56 Å². The van der Waals surface area contributed by atoms with Crippen LogP contribution in [0.5, 0.6) is 0 Å². The molecule has 0 bridgehead atoms. The fraction of sp³-hybridized carbons (Fsp3) is 0.250. The second-order valence-electron chi connectivity index (χ2n) is 4.04. The molecule has 0 spiro atoms. The van der Waals surface area contributed by atoms with Crippen molar-refractivity contribution in [3.63, 3.8) is 0 Å². The molecule has 1 atom stereocenters. The summed E-state index contributed by atoms with van der Waals surface area (Å²) < 4.78 is 39.0. The molecule has 1 aromatic carbocycles. The van der Waals surface area contributed by atoms with Crippen LogP contribution in [0.15, 0.2) is 30.5 Å². The van der Waals surface area contributed by atoms with Gasteiger partial charge in [0.15, 0.2) is 0 Å². The molecule has 0 unspecified atom stereocenters. The Kier molecular flexibility index (Phi) is 3.48. The molecule has 0 saturated carbocycles. The molecule has 1 aromatic heterocycles. The molecule has 102 valence electrons. The molecular formula is C12H11F3N2O2. The van der Waals surface area contributed by atoms with Crippen molar-refractivity contribution in [2.75, 3.05) is 0 Å². The third-order valence-corrected chi connectivity index (χ3v) is 2.63. The van der Waals surface area contributed by atoms with Gasteiger partial charge in [0.1, 0.15) is 6.04 Å². The second-order valence-corrected chi connectivity index (χ2v) is 4.04. The predicted molar refractivity (Wildman–Crippen MR) is 62.1 cm³/mol. The zero-order chi connectivity index (χ0) is 14.0. The summed E-state index contributed by atoms with van der Waals surface area (Å²) in [5.41, 5.74) is 6.91. The number of H-pyrrole nitrogens is 1. The van der Waals surface area contributed by atoms with Gasteiger partial charge in [-0.15, -0.1) is 13.2 Å². The lowest BCUT2D eigenvalue weighted by atomic mass is 10.1. The SMILES string of the molecule is N[C@@H](Cc1c[nH]c2ccccc12)C(=O)OC(F)(F)F. The number of halogens is 3. The molecule has 3 N–H and O–H groups in total. The number of aromatic amines is 1. The van der Waals surface area contributed by atoms with Gasteiger partial charge in [0.25, 0.3) is 0 Å². The smallest absolute Gasteiger partial charge is 0.372 e. The number of nitrogens with two attached hydrogens (primary N) is 1. The first-order valence-corrected chi connectivity index (χ1v) is 5.47. The Hall–Kier alpha value is -2.02. The second kappa shape index (κ2) is 4.93. The summed E-state index contributed by atoms with van der Waals surface area (Å²) in [6.07, 6.45) is -3.42. The fourth-order valence-electron chi connectivity index (χ4n) is 1.81.